The maximum absolute atomic E-state index is 5.53. The van der Waals surface area contributed by atoms with E-state index in [0.29, 0.717) is 5.54 Å². The predicted octanol–water partition coefficient (Wildman–Crippen LogP) is 1.65. The number of ether oxygens (including phenoxy) is 1. The van der Waals surface area contributed by atoms with Gasteiger partial charge in [0.15, 0.2) is 0 Å². The highest BCUT2D eigenvalue weighted by molar-refractivity contribution is 4.95. The van der Waals surface area contributed by atoms with Crippen LogP contribution in [0.5, 0.6) is 0 Å². The summed E-state index contributed by atoms with van der Waals surface area (Å²) in [5.41, 5.74) is 0.451. The van der Waals surface area contributed by atoms with Gasteiger partial charge in [-0.1, -0.05) is 13.3 Å². The van der Waals surface area contributed by atoms with E-state index in [9.17, 15) is 0 Å². The topological polar surface area (TPSA) is 12.5 Å². The van der Waals surface area contributed by atoms with Crippen LogP contribution in [0.15, 0.2) is 0 Å². The van der Waals surface area contributed by atoms with Crippen molar-refractivity contribution >= 4 is 0 Å². The molecular weight excluding hydrogens is 150 g/mol. The molecule has 2 fully saturated rings. The van der Waals surface area contributed by atoms with Gasteiger partial charge < -0.3 is 4.74 Å². The van der Waals surface area contributed by atoms with Crippen LogP contribution < -0.4 is 0 Å². The predicted molar refractivity (Wildman–Crippen MR) is 49.3 cm³/mol. The third-order valence-electron chi connectivity index (χ3n) is 3.46. The molecule has 0 radical (unpaired) electrons. The summed E-state index contributed by atoms with van der Waals surface area (Å²) in [4.78, 5) is 2.63. The number of piperidine rings is 1. The summed E-state index contributed by atoms with van der Waals surface area (Å²) in [5, 5.41) is 0. The van der Waals surface area contributed by atoms with Crippen molar-refractivity contribution in [2.24, 2.45) is 0 Å². The van der Waals surface area contributed by atoms with Crippen molar-refractivity contribution < 1.29 is 4.74 Å². The molecule has 1 atom stereocenters. The van der Waals surface area contributed by atoms with Crippen molar-refractivity contribution in [1.29, 1.82) is 0 Å². The molecule has 0 aliphatic carbocycles. The van der Waals surface area contributed by atoms with Crippen LogP contribution in [0.25, 0.3) is 0 Å². The average Bonchev–Trinajstić information content (AvgIpc) is 2.55. The molecule has 0 N–H and O–H groups in total. The van der Waals surface area contributed by atoms with E-state index in [1.54, 1.807) is 0 Å². The van der Waals surface area contributed by atoms with E-state index in [-0.39, 0.29) is 0 Å². The molecule has 2 aliphatic heterocycles. The second-order valence-corrected chi connectivity index (χ2v) is 4.06. The second kappa shape index (κ2) is 3.35. The molecule has 2 heterocycles. The van der Waals surface area contributed by atoms with Crippen molar-refractivity contribution in [1.82, 2.24) is 4.90 Å². The Labute approximate surface area is 74.9 Å². The molecule has 0 aromatic rings. The summed E-state index contributed by atoms with van der Waals surface area (Å²) < 4.78 is 5.53. The lowest BCUT2D eigenvalue weighted by molar-refractivity contribution is 0.0379. The molecule has 0 aromatic heterocycles. The molecule has 2 heteroatoms. The van der Waals surface area contributed by atoms with Crippen LogP contribution in [0, 0.1) is 0 Å². The van der Waals surface area contributed by atoms with Crippen molar-refractivity contribution in [2.75, 3.05) is 26.3 Å². The van der Waals surface area contributed by atoms with E-state index < -0.39 is 0 Å². The van der Waals surface area contributed by atoms with Gasteiger partial charge in [-0.05, 0) is 32.4 Å². The van der Waals surface area contributed by atoms with E-state index in [1.165, 1.54) is 38.8 Å². The molecule has 70 valence electrons. The maximum atomic E-state index is 5.53. The number of hydrogen-bond acceptors (Lipinski definition) is 2. The monoisotopic (exact) mass is 169 g/mol. The molecule has 2 nitrogen and oxygen atoms in total. The molecule has 2 aliphatic rings. The number of likely N-dealkylation sites (tertiary alicyclic amines) is 1. The maximum Gasteiger partial charge on any atom is 0.0651 e. The molecule has 2 rings (SSSR count). The number of likely N-dealkylation sites (N-methyl/N-ethyl adjacent to an activating group) is 1. The molecule has 0 saturated carbocycles. The molecule has 0 amide bonds. The van der Waals surface area contributed by atoms with E-state index >= 15 is 0 Å². The summed E-state index contributed by atoms with van der Waals surface area (Å²) >= 11 is 0. The van der Waals surface area contributed by atoms with Gasteiger partial charge in [-0.3, -0.25) is 4.90 Å². The molecular formula is C10H19NO. The second-order valence-electron chi connectivity index (χ2n) is 4.06. The lowest BCUT2D eigenvalue weighted by Crippen LogP contribution is -2.52. The van der Waals surface area contributed by atoms with Gasteiger partial charge in [0.1, 0.15) is 0 Å². The Balaban J connectivity index is 2.07. The molecule has 1 spiro atoms. The lowest BCUT2D eigenvalue weighted by Gasteiger charge is -2.43. The zero-order valence-electron chi connectivity index (χ0n) is 8.01. The third kappa shape index (κ3) is 1.27. The van der Waals surface area contributed by atoms with Crippen molar-refractivity contribution in [3.63, 3.8) is 0 Å². The van der Waals surface area contributed by atoms with Crippen LogP contribution in [-0.2, 0) is 4.74 Å². The van der Waals surface area contributed by atoms with Gasteiger partial charge in [0.25, 0.3) is 0 Å². The van der Waals surface area contributed by atoms with Crippen LogP contribution in [0.3, 0.4) is 0 Å². The van der Waals surface area contributed by atoms with Crippen LogP contribution in [0.1, 0.15) is 32.6 Å². The third-order valence-corrected chi connectivity index (χ3v) is 3.46. The standard InChI is InChI=1S/C10H19NO/c1-2-11-7-4-3-5-10(11)6-8-12-9-10/h2-9H2,1H3. The quantitative estimate of drug-likeness (QED) is 0.592. The van der Waals surface area contributed by atoms with Gasteiger partial charge in [-0.25, -0.2) is 0 Å². The van der Waals surface area contributed by atoms with Crippen LogP contribution in [0.4, 0.5) is 0 Å². The largest absolute Gasteiger partial charge is 0.379 e. The summed E-state index contributed by atoms with van der Waals surface area (Å²) in [7, 11) is 0. The van der Waals surface area contributed by atoms with E-state index in [4.69, 9.17) is 4.74 Å². The Morgan fingerprint density at radius 2 is 2.25 bits per heavy atom. The lowest BCUT2D eigenvalue weighted by atomic mass is 9.86. The smallest absolute Gasteiger partial charge is 0.0651 e. The van der Waals surface area contributed by atoms with E-state index in [0.717, 1.165) is 13.2 Å². The van der Waals surface area contributed by atoms with Crippen LogP contribution >= 0.6 is 0 Å². The highest BCUT2D eigenvalue weighted by Gasteiger charge is 2.40. The zero-order chi connectivity index (χ0) is 8.44. The molecule has 0 bridgehead atoms. The Morgan fingerprint density at radius 3 is 2.92 bits per heavy atom. The first-order chi connectivity index (χ1) is 5.87. The SMILES string of the molecule is CCN1CCCCC12CCOC2. The number of nitrogens with zero attached hydrogens (tertiary/aromatic N) is 1. The Hall–Kier alpha value is -0.0800. The van der Waals surface area contributed by atoms with Crippen molar-refractivity contribution in [3.05, 3.63) is 0 Å². The minimum absolute atomic E-state index is 0.451. The molecule has 12 heavy (non-hydrogen) atoms. The Morgan fingerprint density at radius 1 is 1.33 bits per heavy atom. The van der Waals surface area contributed by atoms with E-state index in [1.807, 2.05) is 0 Å². The highest BCUT2D eigenvalue weighted by atomic mass is 16.5. The Kier molecular flexibility index (Phi) is 2.37. The summed E-state index contributed by atoms with van der Waals surface area (Å²) in [6.45, 7) is 6.73. The van der Waals surface area contributed by atoms with Crippen molar-refractivity contribution in [2.45, 2.75) is 38.1 Å². The van der Waals surface area contributed by atoms with Gasteiger partial charge in [-0.2, -0.15) is 0 Å². The highest BCUT2D eigenvalue weighted by Crippen LogP contribution is 2.34. The van der Waals surface area contributed by atoms with Gasteiger partial charge in [-0.15, -0.1) is 0 Å². The fraction of sp³-hybridized carbons (Fsp3) is 1.00. The molecule has 2 saturated heterocycles. The minimum atomic E-state index is 0.451. The minimum Gasteiger partial charge on any atom is -0.379 e. The molecule has 1 unspecified atom stereocenters. The summed E-state index contributed by atoms with van der Waals surface area (Å²) in [6.07, 6.45) is 5.41. The first-order valence-corrected chi connectivity index (χ1v) is 5.20. The van der Waals surface area contributed by atoms with Gasteiger partial charge >= 0.3 is 0 Å². The summed E-state index contributed by atoms with van der Waals surface area (Å²) in [6, 6.07) is 0. The van der Waals surface area contributed by atoms with Gasteiger partial charge in [0, 0.05) is 12.1 Å². The normalized spacial score (nSPS) is 37.8. The van der Waals surface area contributed by atoms with Crippen LogP contribution in [-0.4, -0.2) is 36.7 Å². The first-order valence-electron chi connectivity index (χ1n) is 5.20. The Bertz CT molecular complexity index is 152. The fourth-order valence-corrected chi connectivity index (χ4v) is 2.69. The first kappa shape index (κ1) is 8.52. The number of hydrogen-bond donors (Lipinski definition) is 0. The fourth-order valence-electron chi connectivity index (χ4n) is 2.69. The van der Waals surface area contributed by atoms with Crippen LogP contribution in [0.2, 0.25) is 0 Å². The van der Waals surface area contributed by atoms with Gasteiger partial charge in [0.2, 0.25) is 0 Å². The average molecular weight is 169 g/mol. The van der Waals surface area contributed by atoms with E-state index in [2.05, 4.69) is 11.8 Å². The molecule has 0 aromatic carbocycles. The van der Waals surface area contributed by atoms with Crippen molar-refractivity contribution in [3.8, 4) is 0 Å². The van der Waals surface area contributed by atoms with Gasteiger partial charge in [0.05, 0.1) is 6.61 Å². The number of rotatable bonds is 1. The zero-order valence-corrected chi connectivity index (χ0v) is 8.01. The summed E-state index contributed by atoms with van der Waals surface area (Å²) in [5.74, 6) is 0.